The third-order valence-electron chi connectivity index (χ3n) is 2.42. The van der Waals surface area contributed by atoms with Gasteiger partial charge in [-0.2, -0.15) is 0 Å². The number of hydrogen-bond acceptors (Lipinski definition) is 2. The maximum atomic E-state index is 11.1. The van der Waals surface area contributed by atoms with Crippen molar-refractivity contribution in [3.8, 4) is 16.9 Å². The third-order valence-corrected chi connectivity index (χ3v) is 2.42. The summed E-state index contributed by atoms with van der Waals surface area (Å²) in [6.07, 6.45) is 1.39. The molecule has 2 heteroatoms. The molecule has 0 amide bonds. The molecule has 0 saturated heterocycles. The monoisotopic (exact) mass is 225 g/mol. The fraction of sp³-hybridized carbons (Fsp3) is 0.0667. The summed E-state index contributed by atoms with van der Waals surface area (Å²) in [7, 11) is 0. The quantitative estimate of drug-likeness (QED) is 0.590. The van der Waals surface area contributed by atoms with Crippen LogP contribution in [0, 0.1) is 6.42 Å². The minimum atomic E-state index is -0.336. The lowest BCUT2D eigenvalue weighted by atomic mass is 10.1. The average molecular weight is 225 g/mol. The molecule has 0 fully saturated rings. The van der Waals surface area contributed by atoms with Gasteiger partial charge in [0, 0.05) is 0 Å². The number of esters is 1. The molecule has 0 saturated carbocycles. The topological polar surface area (TPSA) is 26.3 Å². The molecule has 0 unspecified atom stereocenters. The van der Waals surface area contributed by atoms with E-state index in [1.165, 1.54) is 6.42 Å². The maximum absolute atomic E-state index is 11.1. The highest BCUT2D eigenvalue weighted by Gasteiger charge is 2.02. The molecular weight excluding hydrogens is 212 g/mol. The van der Waals surface area contributed by atoms with Crippen molar-refractivity contribution in [1.29, 1.82) is 0 Å². The van der Waals surface area contributed by atoms with E-state index in [0.717, 1.165) is 11.1 Å². The highest BCUT2D eigenvalue weighted by Crippen LogP contribution is 2.22. The van der Waals surface area contributed by atoms with Gasteiger partial charge in [-0.1, -0.05) is 49.4 Å². The van der Waals surface area contributed by atoms with Crippen molar-refractivity contribution >= 4 is 5.97 Å². The molecule has 0 bridgehead atoms. The SMILES string of the molecule is C[CH]C(=O)Oc1ccc(-c2ccccc2)cc1. The van der Waals surface area contributed by atoms with Gasteiger partial charge in [0.15, 0.2) is 0 Å². The van der Waals surface area contributed by atoms with Crippen LogP contribution in [-0.2, 0) is 4.79 Å². The smallest absolute Gasteiger partial charge is 0.314 e. The second-order valence-corrected chi connectivity index (χ2v) is 3.60. The molecule has 85 valence electrons. The Morgan fingerprint density at radius 3 is 2.12 bits per heavy atom. The van der Waals surface area contributed by atoms with E-state index in [0.29, 0.717) is 5.75 Å². The van der Waals surface area contributed by atoms with Gasteiger partial charge in [0.2, 0.25) is 0 Å². The van der Waals surface area contributed by atoms with Gasteiger partial charge in [0.25, 0.3) is 0 Å². The van der Waals surface area contributed by atoms with Crippen molar-refractivity contribution in [1.82, 2.24) is 0 Å². The lowest BCUT2D eigenvalue weighted by Crippen LogP contribution is -2.05. The van der Waals surface area contributed by atoms with E-state index in [-0.39, 0.29) is 5.97 Å². The minimum absolute atomic E-state index is 0.336. The highest BCUT2D eigenvalue weighted by molar-refractivity contribution is 5.80. The molecule has 17 heavy (non-hydrogen) atoms. The van der Waals surface area contributed by atoms with Crippen molar-refractivity contribution in [2.45, 2.75) is 6.92 Å². The fourth-order valence-electron chi connectivity index (χ4n) is 1.52. The van der Waals surface area contributed by atoms with E-state index in [4.69, 9.17) is 4.74 Å². The first-order chi connectivity index (χ1) is 8.29. The van der Waals surface area contributed by atoms with Gasteiger partial charge in [-0.3, -0.25) is 4.79 Å². The fourth-order valence-corrected chi connectivity index (χ4v) is 1.52. The van der Waals surface area contributed by atoms with Crippen LogP contribution >= 0.6 is 0 Å². The summed E-state index contributed by atoms with van der Waals surface area (Å²) >= 11 is 0. The van der Waals surface area contributed by atoms with E-state index >= 15 is 0 Å². The summed E-state index contributed by atoms with van der Waals surface area (Å²) in [5.74, 6) is 0.227. The first-order valence-corrected chi connectivity index (χ1v) is 5.46. The van der Waals surface area contributed by atoms with Crippen LogP contribution in [0.5, 0.6) is 5.75 Å². The highest BCUT2D eigenvalue weighted by atomic mass is 16.5. The molecule has 2 rings (SSSR count). The number of hydrogen-bond donors (Lipinski definition) is 0. The Bertz CT molecular complexity index is 486. The molecule has 0 aliphatic carbocycles. The number of carbonyl (C=O) groups excluding carboxylic acids is 1. The molecule has 2 aromatic carbocycles. The second-order valence-electron chi connectivity index (χ2n) is 3.60. The van der Waals surface area contributed by atoms with Gasteiger partial charge < -0.3 is 4.74 Å². The van der Waals surface area contributed by atoms with Crippen molar-refractivity contribution in [3.63, 3.8) is 0 Å². The van der Waals surface area contributed by atoms with Crippen LogP contribution in [0.1, 0.15) is 6.92 Å². The molecule has 2 nitrogen and oxygen atoms in total. The number of ether oxygens (including phenoxy) is 1. The van der Waals surface area contributed by atoms with Gasteiger partial charge >= 0.3 is 5.97 Å². The third kappa shape index (κ3) is 2.94. The zero-order chi connectivity index (χ0) is 12.1. The molecule has 0 N–H and O–H groups in total. The molecule has 0 heterocycles. The van der Waals surface area contributed by atoms with Gasteiger partial charge in [-0.15, -0.1) is 0 Å². The Labute approximate surface area is 101 Å². The van der Waals surface area contributed by atoms with E-state index in [1.807, 2.05) is 42.5 Å². The number of carbonyl (C=O) groups is 1. The molecular formula is C15H13O2. The van der Waals surface area contributed by atoms with Crippen molar-refractivity contribution < 1.29 is 9.53 Å². The Kier molecular flexibility index (Phi) is 3.55. The van der Waals surface area contributed by atoms with Crippen LogP contribution in [0.15, 0.2) is 54.6 Å². The summed E-state index contributed by atoms with van der Waals surface area (Å²) in [5, 5.41) is 0. The number of benzene rings is 2. The molecule has 2 aromatic rings. The summed E-state index contributed by atoms with van der Waals surface area (Å²) in [5.41, 5.74) is 2.25. The summed E-state index contributed by atoms with van der Waals surface area (Å²) in [4.78, 5) is 11.1. The van der Waals surface area contributed by atoms with Gasteiger partial charge in [-0.25, -0.2) is 0 Å². The Morgan fingerprint density at radius 2 is 1.53 bits per heavy atom. The number of rotatable bonds is 3. The Morgan fingerprint density at radius 1 is 0.941 bits per heavy atom. The van der Waals surface area contributed by atoms with Gasteiger partial charge in [0.1, 0.15) is 5.75 Å². The molecule has 0 aliphatic heterocycles. The van der Waals surface area contributed by atoms with Crippen LogP contribution in [0.4, 0.5) is 0 Å². The first-order valence-electron chi connectivity index (χ1n) is 5.46. The zero-order valence-electron chi connectivity index (χ0n) is 9.59. The maximum Gasteiger partial charge on any atom is 0.314 e. The second kappa shape index (κ2) is 5.30. The predicted molar refractivity (Wildman–Crippen MR) is 67.5 cm³/mol. The molecule has 0 aliphatic rings. The summed E-state index contributed by atoms with van der Waals surface area (Å²) < 4.78 is 5.06. The molecule has 0 atom stereocenters. The van der Waals surface area contributed by atoms with Crippen molar-refractivity contribution in [2.75, 3.05) is 0 Å². The lowest BCUT2D eigenvalue weighted by molar-refractivity contribution is -0.130. The summed E-state index contributed by atoms with van der Waals surface area (Å²) in [6.45, 7) is 1.65. The lowest BCUT2D eigenvalue weighted by Gasteiger charge is -2.04. The van der Waals surface area contributed by atoms with E-state index in [1.54, 1.807) is 19.1 Å². The van der Waals surface area contributed by atoms with Crippen LogP contribution in [0.25, 0.3) is 11.1 Å². The van der Waals surface area contributed by atoms with Gasteiger partial charge in [0.05, 0.1) is 6.42 Å². The van der Waals surface area contributed by atoms with E-state index in [9.17, 15) is 4.79 Å². The van der Waals surface area contributed by atoms with Crippen LogP contribution < -0.4 is 4.74 Å². The minimum Gasteiger partial charge on any atom is -0.426 e. The standard InChI is InChI=1S/C15H13O2/c1-2-15(16)17-14-10-8-13(9-11-14)12-6-4-3-5-7-12/h2-11H,1H3. The van der Waals surface area contributed by atoms with Crippen molar-refractivity contribution in [2.24, 2.45) is 0 Å². The Balaban J connectivity index is 2.16. The average Bonchev–Trinajstić information content (AvgIpc) is 2.40. The summed E-state index contributed by atoms with van der Waals surface area (Å²) in [6, 6.07) is 17.5. The zero-order valence-corrected chi connectivity index (χ0v) is 9.59. The largest absolute Gasteiger partial charge is 0.426 e. The molecule has 0 spiro atoms. The first kappa shape index (κ1) is 11.4. The van der Waals surface area contributed by atoms with E-state index in [2.05, 4.69) is 0 Å². The van der Waals surface area contributed by atoms with Crippen LogP contribution in [-0.4, -0.2) is 5.97 Å². The van der Waals surface area contributed by atoms with E-state index < -0.39 is 0 Å². The normalized spacial score (nSPS) is 9.94. The van der Waals surface area contributed by atoms with Gasteiger partial charge in [-0.05, 0) is 23.3 Å². The Hall–Kier alpha value is -2.09. The molecule has 1 radical (unpaired) electrons. The van der Waals surface area contributed by atoms with Crippen LogP contribution in [0.2, 0.25) is 0 Å². The van der Waals surface area contributed by atoms with Crippen LogP contribution in [0.3, 0.4) is 0 Å². The predicted octanol–water partition coefficient (Wildman–Crippen LogP) is 3.48. The van der Waals surface area contributed by atoms with Crippen molar-refractivity contribution in [3.05, 3.63) is 61.0 Å². The molecule has 0 aromatic heterocycles.